The number of hydrogen-bond donors (Lipinski definition) is 1. The van der Waals surface area contributed by atoms with E-state index in [1.807, 2.05) is 39.8 Å². The normalized spacial score (nSPS) is 21.0. The minimum absolute atomic E-state index is 0.0208. The third kappa shape index (κ3) is 5.36. The molecule has 6 rings (SSSR count). The molecule has 3 atom stereocenters. The van der Waals surface area contributed by atoms with Gasteiger partial charge >= 0.3 is 6.09 Å². The van der Waals surface area contributed by atoms with Crippen LogP contribution < -0.4 is 5.73 Å². The minimum atomic E-state index is -1.36. The van der Waals surface area contributed by atoms with Crippen LogP contribution in [0.15, 0.2) is 36.5 Å². The SMILES string of the molecule is CC(=O)c1ccc2cc(-c3nn4cc(C(=O)N5C[C@H](F)C[C@@H](OC(N)=O)C5C(C)(C)C)ccc4c3C)n(CC3CC3)c2n1. The van der Waals surface area contributed by atoms with E-state index in [2.05, 4.69) is 10.6 Å². The van der Waals surface area contributed by atoms with Crippen LogP contribution in [0.5, 0.6) is 0 Å². The second-order valence-corrected chi connectivity index (χ2v) is 13.0. The van der Waals surface area contributed by atoms with E-state index in [0.29, 0.717) is 17.2 Å². The maximum absolute atomic E-state index is 14.9. The van der Waals surface area contributed by atoms with Gasteiger partial charge in [0, 0.05) is 37.0 Å². The molecule has 1 aliphatic heterocycles. The lowest BCUT2D eigenvalue weighted by molar-refractivity contribution is -0.0571. The number of carbonyl (C=O) groups excluding carboxylic acids is 3. The van der Waals surface area contributed by atoms with Gasteiger partial charge in [0.1, 0.15) is 29.3 Å². The quantitative estimate of drug-likeness (QED) is 0.304. The highest BCUT2D eigenvalue weighted by Crippen LogP contribution is 2.38. The molecule has 2 fully saturated rings. The van der Waals surface area contributed by atoms with Gasteiger partial charge in [0.05, 0.1) is 29.4 Å². The molecule has 0 radical (unpaired) electrons. The smallest absolute Gasteiger partial charge is 0.404 e. The molecule has 10 nitrogen and oxygen atoms in total. The van der Waals surface area contributed by atoms with E-state index in [1.54, 1.807) is 22.8 Å². The highest BCUT2D eigenvalue weighted by molar-refractivity contribution is 5.96. The molecular weight excluding hydrogens is 551 g/mol. The fraction of sp³-hybridized carbons (Fsp3) is 0.469. The van der Waals surface area contributed by atoms with Crippen LogP contribution in [0, 0.1) is 18.3 Å². The topological polar surface area (TPSA) is 125 Å². The number of hydrogen-bond acceptors (Lipinski definition) is 6. The predicted molar refractivity (Wildman–Crippen MR) is 160 cm³/mol. The number of nitrogens with two attached hydrogens (primary N) is 1. The summed E-state index contributed by atoms with van der Waals surface area (Å²) in [6, 6.07) is 8.72. The zero-order valence-electron chi connectivity index (χ0n) is 25.1. The van der Waals surface area contributed by atoms with Gasteiger partial charge in [0.2, 0.25) is 0 Å². The van der Waals surface area contributed by atoms with E-state index in [-0.39, 0.29) is 24.7 Å². The van der Waals surface area contributed by atoms with E-state index < -0.39 is 29.8 Å². The van der Waals surface area contributed by atoms with Crippen molar-refractivity contribution in [1.29, 1.82) is 0 Å². The number of ether oxygens (including phenoxy) is 1. The summed E-state index contributed by atoms with van der Waals surface area (Å²) >= 11 is 0. The van der Waals surface area contributed by atoms with Crippen molar-refractivity contribution in [2.45, 2.75) is 78.7 Å². The Morgan fingerprint density at radius 1 is 1.14 bits per heavy atom. The number of alkyl halides is 1. The van der Waals surface area contributed by atoms with Gasteiger partial charge < -0.3 is 19.9 Å². The number of halogens is 1. The monoisotopic (exact) mass is 588 g/mol. The fourth-order valence-corrected chi connectivity index (χ4v) is 6.45. The van der Waals surface area contributed by atoms with Crippen LogP contribution in [0.4, 0.5) is 9.18 Å². The number of carbonyl (C=O) groups is 3. The van der Waals surface area contributed by atoms with Crippen molar-refractivity contribution in [1.82, 2.24) is 24.1 Å². The number of amides is 2. The second-order valence-electron chi connectivity index (χ2n) is 13.0. The molecule has 2 N–H and O–H groups in total. The molecule has 0 aromatic carbocycles. The summed E-state index contributed by atoms with van der Waals surface area (Å²) in [5.74, 6) is 0.0965. The number of fused-ring (bicyclic) bond motifs is 2. The zero-order chi connectivity index (χ0) is 30.8. The number of aryl methyl sites for hydroxylation is 1. The predicted octanol–water partition coefficient (Wildman–Crippen LogP) is 5.33. The summed E-state index contributed by atoms with van der Waals surface area (Å²) in [6.07, 6.45) is 0.731. The molecule has 2 amide bonds. The lowest BCUT2D eigenvalue weighted by Crippen LogP contribution is -2.61. The van der Waals surface area contributed by atoms with Crippen molar-refractivity contribution in [3.63, 3.8) is 0 Å². The third-order valence-corrected chi connectivity index (χ3v) is 8.59. The first kappa shape index (κ1) is 28.8. The Kier molecular flexibility index (Phi) is 7.01. The van der Waals surface area contributed by atoms with E-state index in [4.69, 9.17) is 20.6 Å². The summed E-state index contributed by atoms with van der Waals surface area (Å²) in [5, 5.41) is 5.85. The van der Waals surface area contributed by atoms with Gasteiger partial charge in [0.15, 0.2) is 5.78 Å². The summed E-state index contributed by atoms with van der Waals surface area (Å²) in [5.41, 5.74) is 9.75. The molecule has 1 unspecified atom stereocenters. The average molecular weight is 589 g/mol. The second kappa shape index (κ2) is 10.5. The standard InChI is InChI=1S/C32H37FN6O4/c1-17-24-11-9-21(30(41)38-16-22(33)13-26(43-31(34)42)28(38)32(3,4)5)15-39(24)36-27(17)25-12-20-8-10-23(18(2)40)35-29(20)37(25)14-19-6-7-19/h8-12,15,19,22,26,28H,6-7,13-14,16H2,1-5H3,(H2,34,42)/t22-,26-,28?/m1/s1. The average Bonchev–Trinajstić information content (AvgIpc) is 3.60. The Morgan fingerprint density at radius 3 is 2.53 bits per heavy atom. The first-order valence-corrected chi connectivity index (χ1v) is 14.7. The molecule has 2 aliphatic rings. The van der Waals surface area contributed by atoms with Gasteiger partial charge in [-0.05, 0) is 61.4 Å². The lowest BCUT2D eigenvalue weighted by Gasteiger charge is -2.47. The van der Waals surface area contributed by atoms with Crippen molar-refractivity contribution in [2.75, 3.05) is 6.54 Å². The van der Waals surface area contributed by atoms with Crippen molar-refractivity contribution in [2.24, 2.45) is 17.1 Å². The first-order valence-electron chi connectivity index (χ1n) is 14.7. The summed E-state index contributed by atoms with van der Waals surface area (Å²) in [4.78, 5) is 43.8. The highest BCUT2D eigenvalue weighted by atomic mass is 19.1. The van der Waals surface area contributed by atoms with E-state index in [1.165, 1.54) is 11.8 Å². The van der Waals surface area contributed by atoms with Crippen LogP contribution in [0.2, 0.25) is 0 Å². The fourth-order valence-electron chi connectivity index (χ4n) is 6.45. The summed E-state index contributed by atoms with van der Waals surface area (Å²) < 4.78 is 24.0. The van der Waals surface area contributed by atoms with Gasteiger partial charge in [-0.1, -0.05) is 20.8 Å². The van der Waals surface area contributed by atoms with Crippen LogP contribution in [-0.2, 0) is 11.3 Å². The van der Waals surface area contributed by atoms with E-state index in [9.17, 15) is 18.8 Å². The van der Waals surface area contributed by atoms with Crippen LogP contribution in [0.1, 0.15) is 73.4 Å². The van der Waals surface area contributed by atoms with Crippen LogP contribution >= 0.6 is 0 Å². The Balaban J connectivity index is 1.40. The van der Waals surface area contributed by atoms with Crippen molar-refractivity contribution in [3.05, 3.63) is 53.3 Å². The number of primary amides is 1. The third-order valence-electron chi connectivity index (χ3n) is 8.59. The van der Waals surface area contributed by atoms with Gasteiger partial charge in [-0.3, -0.25) is 9.59 Å². The molecule has 11 heteroatoms. The van der Waals surface area contributed by atoms with Crippen LogP contribution in [-0.4, -0.2) is 66.7 Å². The van der Waals surface area contributed by atoms with Gasteiger partial charge in [0.25, 0.3) is 5.91 Å². The molecule has 226 valence electrons. The molecule has 4 aromatic rings. The zero-order valence-corrected chi connectivity index (χ0v) is 25.1. The number of ketones is 1. The van der Waals surface area contributed by atoms with Gasteiger partial charge in [-0.2, -0.15) is 5.10 Å². The maximum Gasteiger partial charge on any atom is 0.404 e. The van der Waals surface area contributed by atoms with Crippen molar-refractivity contribution in [3.8, 4) is 11.4 Å². The summed E-state index contributed by atoms with van der Waals surface area (Å²) in [7, 11) is 0. The maximum atomic E-state index is 14.9. The van der Waals surface area contributed by atoms with Crippen molar-refractivity contribution >= 4 is 34.3 Å². The van der Waals surface area contributed by atoms with Crippen molar-refractivity contribution < 1.29 is 23.5 Å². The Hall–Kier alpha value is -4.28. The first-order chi connectivity index (χ1) is 20.3. The largest absolute Gasteiger partial charge is 0.444 e. The number of likely N-dealkylation sites (tertiary alicyclic amines) is 1. The van der Waals surface area contributed by atoms with E-state index in [0.717, 1.165) is 52.9 Å². The van der Waals surface area contributed by atoms with Crippen LogP contribution in [0.3, 0.4) is 0 Å². The Labute approximate surface area is 249 Å². The lowest BCUT2D eigenvalue weighted by atomic mass is 9.78. The molecule has 43 heavy (non-hydrogen) atoms. The number of rotatable bonds is 6. The highest BCUT2D eigenvalue weighted by Gasteiger charge is 2.46. The number of nitrogens with zero attached hydrogens (tertiary/aromatic N) is 5. The molecule has 0 spiro atoms. The minimum Gasteiger partial charge on any atom is -0.444 e. The molecule has 1 saturated heterocycles. The molecule has 1 saturated carbocycles. The number of aromatic nitrogens is 4. The molecule has 1 aliphatic carbocycles. The van der Waals surface area contributed by atoms with Gasteiger partial charge in [-0.15, -0.1) is 0 Å². The molecular formula is C32H37FN6O4. The Morgan fingerprint density at radius 2 is 1.88 bits per heavy atom. The summed E-state index contributed by atoms with van der Waals surface area (Å²) in [6.45, 7) is 9.95. The van der Waals surface area contributed by atoms with E-state index >= 15 is 0 Å². The molecule has 4 aromatic heterocycles. The number of pyridine rings is 2. The van der Waals surface area contributed by atoms with Gasteiger partial charge in [-0.25, -0.2) is 18.7 Å². The number of piperidine rings is 1. The molecule has 0 bridgehead atoms. The molecule has 5 heterocycles. The Bertz CT molecular complexity index is 1760. The van der Waals surface area contributed by atoms with Crippen LogP contribution in [0.25, 0.3) is 27.9 Å². The number of Topliss-reactive ketones (excluding diaryl/α,β-unsaturated/α-hetero) is 1.